The quantitative estimate of drug-likeness (QED) is 0.213. The van der Waals surface area contributed by atoms with Gasteiger partial charge < -0.3 is 0 Å². The van der Waals surface area contributed by atoms with E-state index in [9.17, 15) is 0 Å². The van der Waals surface area contributed by atoms with Crippen LogP contribution < -0.4 is 0 Å². The molecule has 8 rings (SSSR count). The highest BCUT2D eigenvalue weighted by Crippen LogP contribution is 2.49. The first kappa shape index (κ1) is 40.4. The second-order valence-corrected chi connectivity index (χ2v) is 31.9. The normalized spacial score (nSPS) is 45.0. The molecule has 12 bridgehead atoms. The molecule has 48 heavy (non-hydrogen) atoms. The molecule has 8 aliphatic rings. The summed E-state index contributed by atoms with van der Waals surface area (Å²) in [5, 5.41) is 0. The maximum Gasteiger partial charge on any atom is 0.00655 e. The molecule has 0 nitrogen and oxygen atoms in total. The van der Waals surface area contributed by atoms with Gasteiger partial charge in [-0.3, -0.25) is 0 Å². The predicted molar refractivity (Wildman–Crippen MR) is 247 cm³/mol. The van der Waals surface area contributed by atoms with Crippen LogP contribution in [0.25, 0.3) is 0 Å². The van der Waals surface area contributed by atoms with E-state index in [1.807, 2.05) is 0 Å². The average Bonchev–Trinajstić information content (AvgIpc) is 3.08. The molecule has 0 aromatic carbocycles. The van der Waals surface area contributed by atoms with Gasteiger partial charge >= 0.3 is 0 Å². The van der Waals surface area contributed by atoms with Gasteiger partial charge in [0.1, 0.15) is 0 Å². The molecule has 8 fully saturated rings. The summed E-state index contributed by atoms with van der Waals surface area (Å²) in [6, 6.07) is 0. The smallest absolute Gasteiger partial charge is 0.00655 e. The Labute approximate surface area is 342 Å². The van der Waals surface area contributed by atoms with E-state index in [1.54, 1.807) is 0 Å². The van der Waals surface area contributed by atoms with Crippen molar-refractivity contribution in [1.29, 1.82) is 0 Å². The molecule has 4 aliphatic heterocycles. The first-order valence-corrected chi connectivity index (χ1v) is 34.1. The minimum absolute atomic E-state index is 0.954. The van der Waals surface area contributed by atoms with E-state index in [0.29, 0.717) is 0 Å². The van der Waals surface area contributed by atoms with Crippen molar-refractivity contribution >= 4 is 130 Å². The molecular weight excluding hydrogens is 817 g/mol. The Balaban J connectivity index is 1.13. The molecule has 4 aliphatic carbocycles. The molecular formula is C36H60S12. The first-order valence-electron chi connectivity index (χ1n) is 19.2. The highest BCUT2D eigenvalue weighted by atomic mass is 33.1. The second kappa shape index (κ2) is 22.2. The number of hydrogen-bond donors (Lipinski definition) is 0. The minimum atomic E-state index is 0.954. The molecule has 0 N–H and O–H groups in total. The molecule has 0 atom stereocenters. The lowest BCUT2D eigenvalue weighted by Crippen LogP contribution is -2.27. The Kier molecular flexibility index (Phi) is 18.7. The van der Waals surface area contributed by atoms with Gasteiger partial charge in [-0.05, 0) is 148 Å². The topological polar surface area (TPSA) is 0 Å². The summed E-state index contributed by atoms with van der Waals surface area (Å²) >= 11 is 0. The summed E-state index contributed by atoms with van der Waals surface area (Å²) in [4.78, 5) is 0. The third-order valence-corrected chi connectivity index (χ3v) is 28.3. The van der Waals surface area contributed by atoms with Gasteiger partial charge in [0.15, 0.2) is 0 Å². The molecule has 0 radical (unpaired) electrons. The highest BCUT2D eigenvalue weighted by molar-refractivity contribution is 8.78. The maximum absolute atomic E-state index is 2.28. The molecule has 0 spiro atoms. The van der Waals surface area contributed by atoms with Crippen LogP contribution >= 0.6 is 130 Å². The van der Waals surface area contributed by atoms with E-state index in [4.69, 9.17) is 0 Å². The van der Waals surface area contributed by atoms with Gasteiger partial charge in [0.2, 0.25) is 0 Å². The molecule has 0 aromatic heterocycles. The molecule has 0 amide bonds. The van der Waals surface area contributed by atoms with Gasteiger partial charge in [0.05, 0.1) is 0 Å². The SMILES string of the molecule is C1SSCC2CC3CSSC[C@H]4CC5CSSCC6C[C@H](CSSC[C@@H]7CC1CC(CSSC[C@H](C5)C4)C7)C[C@H](CSSC[C@@H](C2)C3)C6. The molecule has 276 valence electrons. The Hall–Kier alpha value is 4.20. The largest absolute Gasteiger partial charge is 0.0939 e. The van der Waals surface area contributed by atoms with E-state index in [0.717, 1.165) is 71.0 Å². The van der Waals surface area contributed by atoms with E-state index in [1.165, 1.54) is 146 Å². The zero-order valence-corrected chi connectivity index (χ0v) is 38.6. The van der Waals surface area contributed by atoms with Crippen molar-refractivity contribution < 1.29 is 0 Å². The molecule has 4 saturated carbocycles. The summed E-state index contributed by atoms with van der Waals surface area (Å²) in [7, 11) is 27.4. The molecule has 4 saturated heterocycles. The molecule has 12 heteroatoms. The fourth-order valence-corrected chi connectivity index (χ4v) is 27.3. The fourth-order valence-electron chi connectivity index (χ4n) is 10.2. The van der Waals surface area contributed by atoms with Crippen LogP contribution in [-0.2, 0) is 0 Å². The van der Waals surface area contributed by atoms with E-state index < -0.39 is 0 Å². The van der Waals surface area contributed by atoms with Gasteiger partial charge in [0, 0.05) is 69.0 Å². The average molecular weight is 878 g/mol. The van der Waals surface area contributed by atoms with Crippen LogP contribution in [0, 0.1) is 71.0 Å². The van der Waals surface area contributed by atoms with E-state index in [2.05, 4.69) is 130 Å². The number of rotatable bonds is 0. The van der Waals surface area contributed by atoms with Crippen LogP contribution in [0.15, 0.2) is 0 Å². The lowest BCUT2D eigenvalue weighted by atomic mass is 9.77. The summed E-state index contributed by atoms with van der Waals surface area (Å²) in [6.45, 7) is 0. The van der Waals surface area contributed by atoms with Gasteiger partial charge in [-0.1, -0.05) is 130 Å². The molecule has 4 heterocycles. The van der Waals surface area contributed by atoms with Crippen molar-refractivity contribution in [2.24, 2.45) is 71.0 Å². The Morgan fingerprint density at radius 2 is 0.229 bits per heavy atom. The lowest BCUT2D eigenvalue weighted by molar-refractivity contribution is 0.243. The summed E-state index contributed by atoms with van der Waals surface area (Å²) in [5.41, 5.74) is 0. The van der Waals surface area contributed by atoms with Crippen molar-refractivity contribution in [3.05, 3.63) is 0 Å². The number of hydrogen-bond acceptors (Lipinski definition) is 12. The zero-order valence-electron chi connectivity index (χ0n) is 28.8. The van der Waals surface area contributed by atoms with E-state index in [-0.39, 0.29) is 0 Å². The first-order chi connectivity index (χ1) is 23.7. The van der Waals surface area contributed by atoms with Gasteiger partial charge in [-0.15, -0.1) is 0 Å². The summed E-state index contributed by atoms with van der Waals surface area (Å²) in [6.07, 6.45) is 18.2. The van der Waals surface area contributed by atoms with Crippen LogP contribution in [-0.4, -0.2) is 69.0 Å². The van der Waals surface area contributed by atoms with Crippen molar-refractivity contribution in [1.82, 2.24) is 0 Å². The van der Waals surface area contributed by atoms with E-state index >= 15 is 0 Å². The second-order valence-electron chi connectivity index (χ2n) is 16.6. The Morgan fingerprint density at radius 3 is 0.312 bits per heavy atom. The monoisotopic (exact) mass is 876 g/mol. The van der Waals surface area contributed by atoms with Crippen LogP contribution in [0.2, 0.25) is 0 Å². The third-order valence-electron chi connectivity index (χ3n) is 12.1. The lowest BCUT2D eigenvalue weighted by Gasteiger charge is -2.35. The maximum atomic E-state index is 2.28. The van der Waals surface area contributed by atoms with Crippen molar-refractivity contribution in [3.63, 3.8) is 0 Å². The van der Waals surface area contributed by atoms with Gasteiger partial charge in [-0.2, -0.15) is 0 Å². The van der Waals surface area contributed by atoms with Crippen molar-refractivity contribution in [3.8, 4) is 0 Å². The third kappa shape index (κ3) is 13.7. The Morgan fingerprint density at radius 1 is 0.146 bits per heavy atom. The van der Waals surface area contributed by atoms with Crippen molar-refractivity contribution in [2.75, 3.05) is 69.0 Å². The van der Waals surface area contributed by atoms with Gasteiger partial charge in [-0.25, -0.2) is 0 Å². The van der Waals surface area contributed by atoms with Crippen LogP contribution in [0.4, 0.5) is 0 Å². The fraction of sp³-hybridized carbons (Fsp3) is 1.00. The molecule has 0 aromatic rings. The summed E-state index contributed by atoms with van der Waals surface area (Å²) in [5.74, 6) is 28.4. The molecule has 0 unspecified atom stereocenters. The van der Waals surface area contributed by atoms with Gasteiger partial charge in [0.25, 0.3) is 0 Å². The van der Waals surface area contributed by atoms with Crippen LogP contribution in [0.1, 0.15) is 77.0 Å². The number of fused-ring (bicyclic) bond motifs is 18. The standard InChI is InChI=1S/C36H60S12/c1-25-2-27-3-26(1)14-38-40-17-29-5-31-9-33(7-29)22-46-48-24-36-11-34(18-42-41-15-27)10-35(12-36)23-47-45-21-32-6-28(16-39-37-13-25)4-30(8-32)19-43-44-20-31/h25-36H,1-24H2/t25-,26+,27?,28-,29+,30?,31?,32?,33?,34?,35-,36+. The highest BCUT2D eigenvalue weighted by Gasteiger charge is 2.34. The predicted octanol–water partition coefficient (Wildman–Crippen LogP) is 14.4. The van der Waals surface area contributed by atoms with Crippen molar-refractivity contribution in [2.45, 2.75) is 77.0 Å². The van der Waals surface area contributed by atoms with Crippen LogP contribution in [0.5, 0.6) is 0 Å². The minimum Gasteiger partial charge on any atom is -0.0939 e. The zero-order chi connectivity index (χ0) is 32.4. The van der Waals surface area contributed by atoms with Crippen LogP contribution in [0.3, 0.4) is 0 Å². The summed E-state index contributed by atoms with van der Waals surface area (Å²) < 4.78 is 0. The Bertz CT molecular complexity index is 645.